The summed E-state index contributed by atoms with van der Waals surface area (Å²) in [4.78, 5) is 0. The molecule has 0 aromatic heterocycles. The highest BCUT2D eigenvalue weighted by Gasteiger charge is 2.64. The first-order chi connectivity index (χ1) is 21.8. The van der Waals surface area contributed by atoms with E-state index in [0.29, 0.717) is 22.3 Å². The lowest BCUT2D eigenvalue weighted by molar-refractivity contribution is -0.109. The summed E-state index contributed by atoms with van der Waals surface area (Å²) in [5, 5.41) is 24.7. The fraction of sp³-hybridized carbons (Fsp3) is 0.116. The van der Waals surface area contributed by atoms with E-state index in [1.165, 1.54) is 0 Å². The van der Waals surface area contributed by atoms with Crippen LogP contribution in [0.3, 0.4) is 0 Å². The molecule has 0 heterocycles. The standard InChI is InChI=1S/C43H30O2/c1-41(2)42(44,31-29-37-21-11-9-19-35(37)27-25-33-15-5-3-6-16-33)39-23-13-14-24-40(39)43(41,45)32-30-38-22-12-10-20-36(38)28-26-34-17-7-4-8-18-34/h3-24,44-45H,1-2H3/t42-,43-/m0/s1. The van der Waals surface area contributed by atoms with Crippen LogP contribution in [-0.2, 0) is 11.2 Å². The smallest absolute Gasteiger partial charge is 0.160 e. The second-order valence-corrected chi connectivity index (χ2v) is 11.4. The Labute approximate surface area is 265 Å². The Morgan fingerprint density at radius 3 is 1.07 bits per heavy atom. The molecule has 0 radical (unpaired) electrons. The molecule has 0 unspecified atom stereocenters. The van der Waals surface area contributed by atoms with Crippen molar-refractivity contribution in [2.24, 2.45) is 5.41 Å². The van der Waals surface area contributed by atoms with Crippen molar-refractivity contribution in [3.05, 3.63) is 178 Å². The molecular formula is C43H30O2. The summed E-state index contributed by atoms with van der Waals surface area (Å²) in [5.74, 6) is 25.5. The molecule has 0 fully saturated rings. The Balaban J connectivity index is 1.41. The van der Waals surface area contributed by atoms with Gasteiger partial charge in [-0.2, -0.15) is 0 Å². The molecule has 6 rings (SSSR count). The Kier molecular flexibility index (Phi) is 7.89. The molecule has 0 saturated carbocycles. The first-order valence-corrected chi connectivity index (χ1v) is 14.8. The second-order valence-electron chi connectivity index (χ2n) is 11.4. The van der Waals surface area contributed by atoms with Gasteiger partial charge >= 0.3 is 0 Å². The molecule has 2 atom stereocenters. The van der Waals surface area contributed by atoms with E-state index in [0.717, 1.165) is 22.3 Å². The van der Waals surface area contributed by atoms with Gasteiger partial charge in [0, 0.05) is 44.5 Å². The predicted molar refractivity (Wildman–Crippen MR) is 180 cm³/mol. The molecule has 45 heavy (non-hydrogen) atoms. The van der Waals surface area contributed by atoms with Crippen LogP contribution in [0, 0.1) is 52.8 Å². The molecule has 0 bridgehead atoms. The first-order valence-electron chi connectivity index (χ1n) is 14.8. The summed E-state index contributed by atoms with van der Waals surface area (Å²) >= 11 is 0. The fourth-order valence-corrected chi connectivity index (χ4v) is 5.54. The Morgan fingerprint density at radius 1 is 0.378 bits per heavy atom. The van der Waals surface area contributed by atoms with E-state index in [1.807, 2.05) is 133 Å². The van der Waals surface area contributed by atoms with Crippen molar-refractivity contribution >= 4 is 0 Å². The molecule has 2 heteroatoms. The van der Waals surface area contributed by atoms with Crippen molar-refractivity contribution in [3.63, 3.8) is 0 Å². The van der Waals surface area contributed by atoms with Crippen LogP contribution in [0.2, 0.25) is 0 Å². The van der Waals surface area contributed by atoms with Gasteiger partial charge in [0.05, 0.1) is 5.41 Å². The van der Waals surface area contributed by atoms with Crippen LogP contribution in [0.1, 0.15) is 58.4 Å². The third kappa shape index (κ3) is 5.54. The quantitative estimate of drug-likeness (QED) is 0.194. The van der Waals surface area contributed by atoms with Crippen LogP contribution in [0.15, 0.2) is 133 Å². The maximum Gasteiger partial charge on any atom is 0.160 e. The highest BCUT2D eigenvalue weighted by molar-refractivity contribution is 5.60. The van der Waals surface area contributed by atoms with Crippen molar-refractivity contribution in [3.8, 4) is 47.4 Å². The summed E-state index contributed by atoms with van der Waals surface area (Å²) in [5.41, 5.74) is 1.13. The largest absolute Gasteiger partial charge is 0.373 e. The minimum atomic E-state index is -1.71. The maximum absolute atomic E-state index is 12.4. The summed E-state index contributed by atoms with van der Waals surface area (Å²) < 4.78 is 0. The van der Waals surface area contributed by atoms with Gasteiger partial charge in [-0.05, 0) is 48.5 Å². The number of fused-ring (bicyclic) bond motifs is 1. The molecule has 2 nitrogen and oxygen atoms in total. The van der Waals surface area contributed by atoms with E-state index < -0.39 is 16.6 Å². The summed E-state index contributed by atoms with van der Waals surface area (Å²) in [7, 11) is 0. The topological polar surface area (TPSA) is 40.5 Å². The zero-order chi connectivity index (χ0) is 31.3. The SMILES string of the molecule is CC1(C)[C@](O)(C#Cc2ccccc2C#Cc2ccccc2)c2ccccc2[C@@]1(O)C#Cc1ccccc1C#Cc1ccccc1. The van der Waals surface area contributed by atoms with Gasteiger partial charge in [-0.15, -0.1) is 0 Å². The Hall–Kier alpha value is -5.74. The zero-order valence-corrected chi connectivity index (χ0v) is 25.1. The number of rotatable bonds is 0. The van der Waals surface area contributed by atoms with Crippen molar-refractivity contribution < 1.29 is 10.2 Å². The van der Waals surface area contributed by atoms with Crippen molar-refractivity contribution in [2.45, 2.75) is 25.0 Å². The fourth-order valence-electron chi connectivity index (χ4n) is 5.54. The van der Waals surface area contributed by atoms with Gasteiger partial charge in [-0.1, -0.05) is 146 Å². The second kappa shape index (κ2) is 12.1. The van der Waals surface area contributed by atoms with E-state index in [4.69, 9.17) is 0 Å². The lowest BCUT2D eigenvalue weighted by Crippen LogP contribution is -2.47. The third-order valence-corrected chi connectivity index (χ3v) is 8.36. The Bertz CT molecular complexity index is 1980. The maximum atomic E-state index is 12.4. The van der Waals surface area contributed by atoms with Gasteiger partial charge in [0.25, 0.3) is 0 Å². The van der Waals surface area contributed by atoms with Crippen LogP contribution >= 0.6 is 0 Å². The molecule has 5 aromatic carbocycles. The summed E-state index contributed by atoms with van der Waals surface area (Å²) in [6.45, 7) is 3.61. The van der Waals surface area contributed by atoms with Crippen LogP contribution in [0.25, 0.3) is 0 Å². The molecule has 5 aromatic rings. The summed E-state index contributed by atoms with van der Waals surface area (Å²) in [6, 6.07) is 42.1. The van der Waals surface area contributed by atoms with Gasteiger partial charge in [-0.3, -0.25) is 0 Å². The van der Waals surface area contributed by atoms with Gasteiger partial charge in [0.2, 0.25) is 0 Å². The molecule has 0 aliphatic heterocycles. The molecule has 2 N–H and O–H groups in total. The van der Waals surface area contributed by atoms with Gasteiger partial charge in [-0.25, -0.2) is 0 Å². The van der Waals surface area contributed by atoms with Crippen molar-refractivity contribution in [1.29, 1.82) is 0 Å². The molecule has 1 aliphatic carbocycles. The molecule has 214 valence electrons. The van der Waals surface area contributed by atoms with Crippen LogP contribution in [-0.4, -0.2) is 10.2 Å². The van der Waals surface area contributed by atoms with Gasteiger partial charge < -0.3 is 10.2 Å². The number of benzene rings is 5. The highest BCUT2D eigenvalue weighted by Crippen LogP contribution is 2.59. The monoisotopic (exact) mass is 578 g/mol. The molecular weight excluding hydrogens is 548 g/mol. The minimum absolute atomic E-state index is 0.532. The number of hydrogen-bond donors (Lipinski definition) is 2. The minimum Gasteiger partial charge on any atom is -0.373 e. The van der Waals surface area contributed by atoms with E-state index in [1.54, 1.807) is 13.8 Å². The van der Waals surface area contributed by atoms with Crippen molar-refractivity contribution in [2.75, 3.05) is 0 Å². The molecule has 0 amide bonds. The van der Waals surface area contributed by atoms with Crippen molar-refractivity contribution in [1.82, 2.24) is 0 Å². The first kappa shape index (κ1) is 29.3. The highest BCUT2D eigenvalue weighted by atomic mass is 16.3. The van der Waals surface area contributed by atoms with Gasteiger partial charge in [0.1, 0.15) is 0 Å². The third-order valence-electron chi connectivity index (χ3n) is 8.36. The van der Waals surface area contributed by atoms with E-state index in [9.17, 15) is 10.2 Å². The summed E-state index contributed by atoms with van der Waals surface area (Å²) in [6.07, 6.45) is 0. The lowest BCUT2D eigenvalue weighted by Gasteiger charge is -2.39. The Morgan fingerprint density at radius 2 is 0.689 bits per heavy atom. The van der Waals surface area contributed by atoms with Crippen LogP contribution in [0.4, 0.5) is 0 Å². The van der Waals surface area contributed by atoms with E-state index in [-0.39, 0.29) is 0 Å². The average molecular weight is 579 g/mol. The lowest BCUT2D eigenvalue weighted by atomic mass is 9.68. The normalized spacial score (nSPS) is 18.8. The molecule has 0 spiro atoms. The van der Waals surface area contributed by atoms with E-state index in [2.05, 4.69) is 47.4 Å². The molecule has 0 saturated heterocycles. The van der Waals surface area contributed by atoms with E-state index >= 15 is 0 Å². The number of aliphatic hydroxyl groups is 2. The van der Waals surface area contributed by atoms with Crippen LogP contribution in [0.5, 0.6) is 0 Å². The molecule has 1 aliphatic rings. The number of hydrogen-bond acceptors (Lipinski definition) is 2. The van der Waals surface area contributed by atoms with Gasteiger partial charge in [0.15, 0.2) is 11.2 Å². The van der Waals surface area contributed by atoms with Crippen LogP contribution < -0.4 is 0 Å². The average Bonchev–Trinajstić information content (AvgIpc) is 3.21. The zero-order valence-electron chi connectivity index (χ0n) is 25.1. The predicted octanol–water partition coefficient (Wildman–Crippen LogP) is 7.00.